The van der Waals surface area contributed by atoms with Gasteiger partial charge in [-0.15, -0.1) is 0 Å². The second-order valence-corrected chi connectivity index (χ2v) is 8.28. The summed E-state index contributed by atoms with van der Waals surface area (Å²) in [6.45, 7) is 8.51. The van der Waals surface area contributed by atoms with Gasteiger partial charge < -0.3 is 20.1 Å². The second kappa shape index (κ2) is 11.0. The first kappa shape index (κ1) is 23.0. The molecule has 0 aliphatic carbocycles. The van der Waals surface area contributed by atoms with Crippen LogP contribution in [0.25, 0.3) is 0 Å². The number of ether oxygens (including phenoxy) is 2. The smallest absolute Gasteiger partial charge is 0.325 e. The zero-order valence-electron chi connectivity index (χ0n) is 18.5. The van der Waals surface area contributed by atoms with E-state index in [1.54, 1.807) is 14.2 Å². The molecule has 1 aromatic rings. The molecule has 0 bridgehead atoms. The molecule has 29 heavy (non-hydrogen) atoms. The van der Waals surface area contributed by atoms with Crippen molar-refractivity contribution in [2.45, 2.75) is 51.7 Å². The van der Waals surface area contributed by atoms with Crippen LogP contribution in [0.4, 0.5) is 0 Å². The Labute approximate surface area is 174 Å². The van der Waals surface area contributed by atoms with Gasteiger partial charge in [0, 0.05) is 13.6 Å². The molecule has 1 aliphatic heterocycles. The number of methoxy groups -OCH3 is 1. The zero-order chi connectivity index (χ0) is 21.3. The summed E-state index contributed by atoms with van der Waals surface area (Å²) in [4.78, 5) is 18.7. The summed E-state index contributed by atoms with van der Waals surface area (Å²) in [6, 6.07) is 8.47. The van der Waals surface area contributed by atoms with E-state index < -0.39 is 5.60 Å². The van der Waals surface area contributed by atoms with Crippen LogP contribution in [-0.4, -0.2) is 62.8 Å². The van der Waals surface area contributed by atoms with Crippen LogP contribution in [0.3, 0.4) is 0 Å². The number of hydrogen-bond donors (Lipinski definition) is 2. The summed E-state index contributed by atoms with van der Waals surface area (Å²) in [5, 5.41) is 6.42. The maximum atomic E-state index is 12.0. The monoisotopic (exact) mass is 404 g/mol. The number of likely N-dealkylation sites (tertiary alicyclic amines) is 1. The lowest BCUT2D eigenvalue weighted by molar-refractivity contribution is -0.153. The Hall–Kier alpha value is -2.28. The van der Waals surface area contributed by atoms with Gasteiger partial charge >= 0.3 is 5.97 Å². The topological polar surface area (TPSA) is 75.2 Å². The van der Waals surface area contributed by atoms with Gasteiger partial charge in [0.05, 0.1) is 13.2 Å². The number of aliphatic imine (C=N–C) groups is 1. The van der Waals surface area contributed by atoms with Gasteiger partial charge in [0.1, 0.15) is 17.9 Å². The van der Waals surface area contributed by atoms with Crippen LogP contribution in [0, 0.1) is 0 Å². The number of carbonyl (C=O) groups excluding carboxylic acids is 1. The van der Waals surface area contributed by atoms with Crippen molar-refractivity contribution >= 4 is 11.9 Å². The fourth-order valence-corrected chi connectivity index (χ4v) is 3.46. The lowest BCUT2D eigenvalue weighted by Gasteiger charge is -2.35. The Kier molecular flexibility index (Phi) is 8.76. The van der Waals surface area contributed by atoms with Gasteiger partial charge in [-0.3, -0.25) is 14.7 Å². The summed E-state index contributed by atoms with van der Waals surface area (Å²) in [5.74, 6) is 1.14. The van der Waals surface area contributed by atoms with Crippen molar-refractivity contribution in [2.75, 3.05) is 40.3 Å². The van der Waals surface area contributed by atoms with Crippen LogP contribution in [0.5, 0.6) is 5.75 Å². The van der Waals surface area contributed by atoms with Crippen LogP contribution in [-0.2, 0) is 9.53 Å². The second-order valence-electron chi connectivity index (χ2n) is 8.28. The summed E-state index contributed by atoms with van der Waals surface area (Å²) in [6.07, 6.45) is 3.73. The van der Waals surface area contributed by atoms with Crippen LogP contribution < -0.4 is 15.4 Å². The van der Waals surface area contributed by atoms with Gasteiger partial charge in [-0.05, 0) is 64.4 Å². The Balaban J connectivity index is 1.98. The van der Waals surface area contributed by atoms with Crippen LogP contribution in [0.2, 0.25) is 0 Å². The average Bonchev–Trinajstić information content (AvgIpc) is 2.70. The number of benzene rings is 1. The molecule has 0 spiro atoms. The van der Waals surface area contributed by atoms with Crippen molar-refractivity contribution in [3.8, 4) is 5.75 Å². The lowest BCUT2D eigenvalue weighted by Crippen LogP contribution is -2.46. The van der Waals surface area contributed by atoms with Crippen molar-refractivity contribution in [1.82, 2.24) is 15.5 Å². The zero-order valence-corrected chi connectivity index (χ0v) is 18.5. The first-order valence-corrected chi connectivity index (χ1v) is 10.4. The fourth-order valence-electron chi connectivity index (χ4n) is 3.46. The number of esters is 1. The molecule has 7 nitrogen and oxygen atoms in total. The first-order valence-electron chi connectivity index (χ1n) is 10.4. The van der Waals surface area contributed by atoms with E-state index in [1.807, 2.05) is 32.9 Å². The molecule has 1 fully saturated rings. The number of nitrogens with zero attached hydrogens (tertiary/aromatic N) is 2. The van der Waals surface area contributed by atoms with E-state index in [2.05, 4.69) is 32.7 Å². The van der Waals surface area contributed by atoms with Gasteiger partial charge in [-0.2, -0.15) is 0 Å². The number of carbonyl (C=O) groups is 1. The summed E-state index contributed by atoms with van der Waals surface area (Å²) in [7, 11) is 3.38. The Bertz CT molecular complexity index is 662. The largest absolute Gasteiger partial charge is 0.497 e. The highest BCUT2D eigenvalue weighted by Crippen LogP contribution is 2.25. The van der Waals surface area contributed by atoms with E-state index >= 15 is 0 Å². The highest BCUT2D eigenvalue weighted by atomic mass is 16.6. The molecule has 2 rings (SSSR count). The third kappa shape index (κ3) is 7.93. The van der Waals surface area contributed by atoms with Gasteiger partial charge in [-0.25, -0.2) is 0 Å². The van der Waals surface area contributed by atoms with Gasteiger partial charge in [0.2, 0.25) is 0 Å². The minimum absolute atomic E-state index is 0.0772. The molecule has 162 valence electrons. The van der Waals surface area contributed by atoms with Crippen molar-refractivity contribution < 1.29 is 14.3 Å². The highest BCUT2D eigenvalue weighted by Gasteiger charge is 2.23. The van der Waals surface area contributed by atoms with Gasteiger partial charge in [-0.1, -0.05) is 18.6 Å². The molecule has 1 saturated heterocycles. The molecule has 1 aromatic carbocycles. The predicted molar refractivity (Wildman–Crippen MR) is 116 cm³/mol. The third-order valence-electron chi connectivity index (χ3n) is 4.84. The van der Waals surface area contributed by atoms with E-state index in [4.69, 9.17) is 9.47 Å². The standard InChI is InChI=1S/C22H36N4O3/c1-22(2,3)29-20(27)16-25-21(23-4)24-15-19(26-13-7-6-8-14-26)17-9-11-18(28-5)12-10-17/h9-12,19H,6-8,13-16H2,1-5H3,(H2,23,24,25). The average molecular weight is 405 g/mol. The molecule has 1 heterocycles. The van der Waals surface area contributed by atoms with Crippen molar-refractivity contribution in [3.63, 3.8) is 0 Å². The third-order valence-corrected chi connectivity index (χ3v) is 4.84. The van der Waals surface area contributed by atoms with E-state index in [1.165, 1.54) is 24.8 Å². The Morgan fingerprint density at radius 2 is 1.79 bits per heavy atom. The summed E-state index contributed by atoms with van der Waals surface area (Å²) in [5.41, 5.74) is 0.742. The molecule has 1 atom stereocenters. The van der Waals surface area contributed by atoms with Crippen molar-refractivity contribution in [1.29, 1.82) is 0 Å². The Morgan fingerprint density at radius 3 is 2.34 bits per heavy atom. The molecular weight excluding hydrogens is 368 g/mol. The molecule has 1 aliphatic rings. The van der Waals surface area contributed by atoms with Crippen LogP contribution in [0.15, 0.2) is 29.3 Å². The maximum Gasteiger partial charge on any atom is 0.325 e. The number of hydrogen-bond acceptors (Lipinski definition) is 5. The summed E-state index contributed by atoms with van der Waals surface area (Å²) >= 11 is 0. The lowest BCUT2D eigenvalue weighted by atomic mass is 10.0. The molecule has 0 amide bonds. The van der Waals surface area contributed by atoms with E-state index in [0.717, 1.165) is 18.8 Å². The predicted octanol–water partition coefficient (Wildman–Crippen LogP) is 2.73. The normalized spacial score (nSPS) is 16.8. The first-order chi connectivity index (χ1) is 13.8. The van der Waals surface area contributed by atoms with E-state index in [0.29, 0.717) is 12.5 Å². The van der Waals surface area contributed by atoms with Crippen molar-refractivity contribution in [2.24, 2.45) is 4.99 Å². The molecular formula is C22H36N4O3. The highest BCUT2D eigenvalue weighted by molar-refractivity contribution is 5.84. The molecule has 7 heteroatoms. The number of guanidine groups is 1. The van der Waals surface area contributed by atoms with Crippen LogP contribution in [0.1, 0.15) is 51.6 Å². The fraction of sp³-hybridized carbons (Fsp3) is 0.636. The number of rotatable bonds is 7. The molecule has 0 aromatic heterocycles. The summed E-state index contributed by atoms with van der Waals surface area (Å²) < 4.78 is 10.6. The maximum absolute atomic E-state index is 12.0. The van der Waals surface area contributed by atoms with E-state index in [9.17, 15) is 4.79 Å². The SMILES string of the molecule is CN=C(NCC(=O)OC(C)(C)C)NCC(c1ccc(OC)cc1)N1CCCCC1. The number of nitrogens with one attached hydrogen (secondary N) is 2. The molecule has 0 saturated carbocycles. The number of piperidine rings is 1. The Morgan fingerprint density at radius 1 is 1.14 bits per heavy atom. The minimum Gasteiger partial charge on any atom is -0.497 e. The van der Waals surface area contributed by atoms with Gasteiger partial charge in [0.25, 0.3) is 0 Å². The molecule has 1 unspecified atom stereocenters. The van der Waals surface area contributed by atoms with Crippen LogP contribution >= 0.6 is 0 Å². The quantitative estimate of drug-likeness (QED) is 0.413. The molecule has 2 N–H and O–H groups in total. The van der Waals surface area contributed by atoms with E-state index in [-0.39, 0.29) is 18.6 Å². The van der Waals surface area contributed by atoms with Gasteiger partial charge in [0.15, 0.2) is 5.96 Å². The molecule has 0 radical (unpaired) electrons. The minimum atomic E-state index is -0.497. The van der Waals surface area contributed by atoms with Crippen molar-refractivity contribution in [3.05, 3.63) is 29.8 Å².